The Morgan fingerprint density at radius 2 is 1.97 bits per heavy atom. The predicted molar refractivity (Wildman–Crippen MR) is 133 cm³/mol. The number of esters is 1. The van der Waals surface area contributed by atoms with E-state index in [2.05, 4.69) is 40.4 Å². The number of unbranched alkanes of at least 4 members (excludes halogenated alkanes) is 3. The maximum absolute atomic E-state index is 12.8. The number of thiocarbonyl (C=S) groups is 1. The minimum Gasteiger partial charge on any atom is -0.492 e. The third-order valence-corrected chi connectivity index (χ3v) is 6.09. The van der Waals surface area contributed by atoms with Gasteiger partial charge in [-0.2, -0.15) is 0 Å². The fourth-order valence-corrected chi connectivity index (χ4v) is 4.05. The van der Waals surface area contributed by atoms with Gasteiger partial charge < -0.3 is 19.7 Å². The maximum Gasteiger partial charge on any atom is 0.308 e. The molecule has 1 unspecified atom stereocenters. The van der Waals surface area contributed by atoms with E-state index in [-0.39, 0.29) is 17.4 Å². The molecule has 8 nitrogen and oxygen atoms in total. The maximum atomic E-state index is 12.8. The van der Waals surface area contributed by atoms with Crippen molar-refractivity contribution >= 4 is 51.0 Å². The minimum atomic E-state index is -0.827. The van der Waals surface area contributed by atoms with Crippen LogP contribution in [0, 0.1) is 0 Å². The third-order valence-electron chi connectivity index (χ3n) is 5.13. The van der Waals surface area contributed by atoms with E-state index < -0.39 is 17.9 Å². The average molecular weight is 542 g/mol. The first kappa shape index (κ1) is 27.0. The van der Waals surface area contributed by atoms with E-state index in [1.165, 1.54) is 0 Å². The van der Waals surface area contributed by atoms with Gasteiger partial charge >= 0.3 is 5.97 Å². The molecule has 2 N–H and O–H groups in total. The zero-order chi connectivity index (χ0) is 24.2. The first-order valence-corrected chi connectivity index (χ1v) is 12.5. The summed E-state index contributed by atoms with van der Waals surface area (Å²) in [5.41, 5.74) is 0.389. The Hall–Kier alpha value is -2.20. The van der Waals surface area contributed by atoms with Crippen LogP contribution in [0.25, 0.3) is 0 Å². The molecule has 182 valence electrons. The molecule has 2 rings (SSSR count). The van der Waals surface area contributed by atoms with Crippen molar-refractivity contribution in [2.75, 3.05) is 26.3 Å². The Morgan fingerprint density at radius 1 is 1.21 bits per heavy atom. The second-order valence-electron chi connectivity index (χ2n) is 7.74. The molecule has 0 spiro atoms. The summed E-state index contributed by atoms with van der Waals surface area (Å²) in [5, 5.41) is 5.51. The summed E-state index contributed by atoms with van der Waals surface area (Å²) >= 11 is 8.84. The van der Waals surface area contributed by atoms with Gasteiger partial charge in [-0.1, -0.05) is 33.1 Å². The first-order valence-electron chi connectivity index (χ1n) is 11.3. The lowest BCUT2D eigenvalue weighted by molar-refractivity contribution is -0.147. The van der Waals surface area contributed by atoms with Crippen LogP contribution < -0.4 is 15.4 Å². The van der Waals surface area contributed by atoms with Crippen molar-refractivity contribution in [3.05, 3.63) is 28.2 Å². The molecule has 1 aromatic carbocycles. The van der Waals surface area contributed by atoms with Crippen molar-refractivity contribution in [1.82, 2.24) is 15.5 Å². The molecule has 33 heavy (non-hydrogen) atoms. The number of benzene rings is 1. The quantitative estimate of drug-likeness (QED) is 0.251. The summed E-state index contributed by atoms with van der Waals surface area (Å²) < 4.78 is 11.6. The van der Waals surface area contributed by atoms with Crippen molar-refractivity contribution in [3.8, 4) is 5.75 Å². The molecule has 1 fully saturated rings. The molecule has 0 aromatic heterocycles. The Labute approximate surface area is 208 Å². The normalized spacial score (nSPS) is 15.5. The minimum absolute atomic E-state index is 0.0954. The molecule has 0 aliphatic carbocycles. The van der Waals surface area contributed by atoms with Gasteiger partial charge in [-0.15, -0.1) is 0 Å². The number of hydrogen-bond acceptors (Lipinski definition) is 6. The monoisotopic (exact) mass is 541 g/mol. The van der Waals surface area contributed by atoms with Gasteiger partial charge in [0, 0.05) is 18.7 Å². The van der Waals surface area contributed by atoms with E-state index in [1.807, 2.05) is 0 Å². The van der Waals surface area contributed by atoms with E-state index in [0.29, 0.717) is 42.1 Å². The van der Waals surface area contributed by atoms with Gasteiger partial charge in [0.05, 0.1) is 24.1 Å². The Kier molecular flexibility index (Phi) is 11.6. The Morgan fingerprint density at radius 3 is 2.67 bits per heavy atom. The molecule has 1 aliphatic rings. The van der Waals surface area contributed by atoms with E-state index in [4.69, 9.17) is 21.7 Å². The second-order valence-corrected chi connectivity index (χ2v) is 8.98. The number of carbonyl (C=O) groups excluding carboxylic acids is 3. The predicted octanol–water partition coefficient (Wildman–Crippen LogP) is 3.57. The fourth-order valence-electron chi connectivity index (χ4n) is 3.24. The van der Waals surface area contributed by atoms with E-state index in [0.717, 1.165) is 32.1 Å². The lowest BCUT2D eigenvalue weighted by Crippen LogP contribution is -2.60. The summed E-state index contributed by atoms with van der Waals surface area (Å²) in [4.78, 5) is 39.0. The van der Waals surface area contributed by atoms with Gasteiger partial charge in [-0.05, 0) is 59.2 Å². The lowest BCUT2D eigenvalue weighted by Gasteiger charge is -2.36. The number of nitrogens with one attached hydrogen (secondary N) is 2. The Bertz CT molecular complexity index is 851. The van der Waals surface area contributed by atoms with Crippen LogP contribution in [0.5, 0.6) is 5.75 Å². The third kappa shape index (κ3) is 8.58. The molecule has 1 saturated heterocycles. The lowest BCUT2D eigenvalue weighted by atomic mass is 10.1. The summed E-state index contributed by atoms with van der Waals surface area (Å²) in [6.45, 7) is 5.83. The van der Waals surface area contributed by atoms with Gasteiger partial charge in [0.15, 0.2) is 5.11 Å². The number of carbonyl (C=O) groups is 3. The van der Waals surface area contributed by atoms with Gasteiger partial charge in [0.2, 0.25) is 5.91 Å². The van der Waals surface area contributed by atoms with Crippen molar-refractivity contribution in [2.24, 2.45) is 0 Å². The van der Waals surface area contributed by atoms with Crippen LogP contribution in [0.15, 0.2) is 22.7 Å². The van der Waals surface area contributed by atoms with E-state index >= 15 is 0 Å². The average Bonchev–Trinajstić information content (AvgIpc) is 2.79. The van der Waals surface area contributed by atoms with Gasteiger partial charge in [0.1, 0.15) is 11.8 Å². The number of ether oxygens (including phenoxy) is 2. The van der Waals surface area contributed by atoms with E-state index in [9.17, 15) is 14.4 Å². The number of hydrogen-bond donors (Lipinski definition) is 2. The first-order chi connectivity index (χ1) is 15.9. The van der Waals surface area contributed by atoms with Crippen LogP contribution in [0.3, 0.4) is 0 Å². The number of nitrogens with zero attached hydrogens (tertiary/aromatic N) is 1. The summed E-state index contributed by atoms with van der Waals surface area (Å²) in [5.74, 6) is -0.532. The van der Waals surface area contributed by atoms with Crippen LogP contribution >= 0.6 is 28.1 Å². The molecule has 0 bridgehead atoms. The highest BCUT2D eigenvalue weighted by Crippen LogP contribution is 2.26. The van der Waals surface area contributed by atoms with Gasteiger partial charge in [-0.25, -0.2) is 0 Å². The van der Waals surface area contributed by atoms with Crippen molar-refractivity contribution in [3.63, 3.8) is 0 Å². The largest absolute Gasteiger partial charge is 0.492 e. The van der Waals surface area contributed by atoms with Crippen molar-refractivity contribution in [2.45, 2.75) is 58.4 Å². The molecule has 10 heteroatoms. The van der Waals surface area contributed by atoms with Crippen LogP contribution in [0.2, 0.25) is 0 Å². The number of halogens is 1. The standard InChI is InChI=1S/C23H32BrN3O5S/c1-3-5-7-13-32-20(28)15-18-22(30)25-10-11-27(18)23(33)26-21(29)16-8-9-19(17(24)14-16)31-12-6-4-2/h8-9,14,18H,3-7,10-13,15H2,1-2H3,(H,25,30)(H,26,29,33). The zero-order valence-corrected chi connectivity index (χ0v) is 21.6. The number of amides is 2. The fraction of sp³-hybridized carbons (Fsp3) is 0.565. The van der Waals surface area contributed by atoms with Crippen LogP contribution in [-0.4, -0.2) is 60.1 Å². The van der Waals surface area contributed by atoms with Crippen molar-refractivity contribution in [1.29, 1.82) is 0 Å². The molecule has 1 heterocycles. The highest BCUT2D eigenvalue weighted by molar-refractivity contribution is 9.10. The molecule has 1 atom stereocenters. The SMILES string of the molecule is CCCCCOC(=O)CC1C(=O)NCCN1C(=S)NC(=O)c1ccc(OCCCC)c(Br)c1. The molecular formula is C23H32BrN3O5S. The molecule has 1 aromatic rings. The number of piperazine rings is 1. The molecule has 2 amide bonds. The van der Waals surface area contributed by atoms with Crippen molar-refractivity contribution < 1.29 is 23.9 Å². The number of rotatable bonds is 11. The highest BCUT2D eigenvalue weighted by Gasteiger charge is 2.34. The highest BCUT2D eigenvalue weighted by atomic mass is 79.9. The van der Waals surface area contributed by atoms with Gasteiger partial charge in [-0.3, -0.25) is 19.7 Å². The zero-order valence-electron chi connectivity index (χ0n) is 19.2. The summed E-state index contributed by atoms with van der Waals surface area (Å²) in [6, 6.07) is 4.21. The topological polar surface area (TPSA) is 97.0 Å². The molecular weight excluding hydrogens is 510 g/mol. The van der Waals surface area contributed by atoms with Crippen LogP contribution in [0.1, 0.15) is 62.7 Å². The molecule has 0 saturated carbocycles. The van der Waals surface area contributed by atoms with Crippen LogP contribution in [-0.2, 0) is 14.3 Å². The summed E-state index contributed by atoms with van der Waals surface area (Å²) in [7, 11) is 0. The smallest absolute Gasteiger partial charge is 0.308 e. The van der Waals surface area contributed by atoms with Gasteiger partial charge in [0.25, 0.3) is 5.91 Å². The second kappa shape index (κ2) is 14.1. The summed E-state index contributed by atoms with van der Waals surface area (Å²) in [6.07, 6.45) is 4.62. The molecule has 0 radical (unpaired) electrons. The van der Waals surface area contributed by atoms with Crippen LogP contribution in [0.4, 0.5) is 0 Å². The Balaban J connectivity index is 1.98. The molecule has 1 aliphatic heterocycles. The van der Waals surface area contributed by atoms with E-state index in [1.54, 1.807) is 23.1 Å².